The van der Waals surface area contributed by atoms with Gasteiger partial charge in [0.1, 0.15) is 90.2 Å². The molecule has 9 amide bonds. The molecular weight excluding hydrogens is 1690 g/mol. The quantitative estimate of drug-likeness (QED) is 0.0231. The third-order valence-electron chi connectivity index (χ3n) is 21.7. The lowest BCUT2D eigenvalue weighted by atomic mass is 9.97. The van der Waals surface area contributed by atoms with Crippen molar-refractivity contribution in [2.45, 2.75) is 356 Å². The van der Waals surface area contributed by atoms with Crippen LogP contribution in [0.1, 0.15) is 253 Å². The fourth-order valence-corrected chi connectivity index (χ4v) is 14.8. The summed E-state index contributed by atoms with van der Waals surface area (Å²) in [7, 11) is -2.93. The van der Waals surface area contributed by atoms with Crippen molar-refractivity contribution < 1.29 is 150 Å². The van der Waals surface area contributed by atoms with Gasteiger partial charge in [0.05, 0.1) is 73.4 Å². The minimum atomic E-state index is -2.93. The molecule has 3 fully saturated rings. The minimum absolute atomic E-state index is 0.00244. The molecule has 3 rings (SSSR count). The highest BCUT2D eigenvalue weighted by Crippen LogP contribution is 2.57. The lowest BCUT2D eigenvalue weighted by Gasteiger charge is -2.42. The summed E-state index contributed by atoms with van der Waals surface area (Å²) < 4.78 is 70.6. The Hall–Kier alpha value is -5.96. The van der Waals surface area contributed by atoms with Crippen molar-refractivity contribution in [1.82, 2.24) is 47.9 Å². The van der Waals surface area contributed by atoms with Gasteiger partial charge in [-0.2, -0.15) is 0 Å². The van der Waals surface area contributed by atoms with Crippen LogP contribution >= 0.6 is 7.37 Å². The average molecular weight is 1840 g/mol. The van der Waals surface area contributed by atoms with Crippen molar-refractivity contribution in [3.05, 3.63) is 6.66 Å². The number of rotatable bonds is 73. The molecule has 0 aliphatic carbocycles. The summed E-state index contributed by atoms with van der Waals surface area (Å²) in [5.74, 6) is -3.15. The number of unbranched alkanes of at least 4 members (excludes halogenated alkanes) is 15. The maximum atomic E-state index is 14.1. The summed E-state index contributed by atoms with van der Waals surface area (Å²) in [6, 6.07) is -3.28. The molecule has 3 heterocycles. The summed E-state index contributed by atoms with van der Waals surface area (Å²) in [6.45, 7) is 12.0. The summed E-state index contributed by atoms with van der Waals surface area (Å²) >= 11 is 0. The van der Waals surface area contributed by atoms with E-state index in [9.17, 15) is 103 Å². The number of ketones is 2. The normalized spacial score (nSPS) is 23.4. The summed E-state index contributed by atoms with van der Waals surface area (Å²) in [5, 5.41) is 115. The highest BCUT2D eigenvalue weighted by atomic mass is 31.2. The molecule has 3 aliphatic rings. The van der Waals surface area contributed by atoms with Crippen molar-refractivity contribution in [2.24, 2.45) is 0 Å². The molecule has 0 spiro atoms. The van der Waals surface area contributed by atoms with Gasteiger partial charge in [-0.15, -0.1) is 0 Å². The summed E-state index contributed by atoms with van der Waals surface area (Å²) in [5.41, 5.74) is -1.42. The number of ether oxygens (including phenoxy) is 9. The molecule has 0 aromatic carbocycles. The molecule has 18 N–H and O–H groups in total. The van der Waals surface area contributed by atoms with Crippen molar-refractivity contribution >= 4 is 72.1 Å². The van der Waals surface area contributed by atoms with Gasteiger partial charge in [-0.3, -0.25) is 59.4 Å². The van der Waals surface area contributed by atoms with Gasteiger partial charge in [0.2, 0.25) is 53.2 Å². The smallest absolute Gasteiger partial charge is 0.222 e. The predicted molar refractivity (Wildman–Crippen MR) is 463 cm³/mol. The molecular formula is C86H155N9O31P-. The number of hydrogen-bond donors (Lipinski definition) is 18. The first-order valence-electron chi connectivity index (χ1n) is 45.6. The number of nitrogens with one attached hydrogen (secondary N) is 9. The SMILES string of the molecule is [CH2-]P(=O)(OCCCCCCCC(=O)CCCCCCCCCCC(=O)NC(COCCC(=O)NCCCCC(=O)CCCCO[C@@H]1OC(CO)[C@@H](O)C(O)[C@@H]1NC(C)=O)(COCCC(=O)NCCCNC(=O)CCCCO[C@@H]1OC(CO)[C@@H](O)C(O)[C@@H]1NC(C)=O)COCCC(=O)NCCCNC(=O)CCCCO[C@@H]1OC(CO)[C@@H](O)C(O)[C@@H]1NC(C)=O)C(C)(C)C. The van der Waals surface area contributed by atoms with Crippen LogP contribution in [0.25, 0.3) is 0 Å². The number of Topliss-reactive ketones (excluding diaryl/α,β-unsaturated/α-hetero) is 2. The first kappa shape index (κ1) is 115. The monoisotopic (exact) mass is 1840 g/mol. The van der Waals surface area contributed by atoms with Crippen molar-refractivity contribution in [3.8, 4) is 0 Å². The summed E-state index contributed by atoms with van der Waals surface area (Å²) in [4.78, 5) is 140. The molecule has 3 saturated heterocycles. The van der Waals surface area contributed by atoms with E-state index >= 15 is 0 Å². The Morgan fingerprint density at radius 3 is 0.906 bits per heavy atom. The number of aliphatic hydroxyl groups excluding tert-OH is 9. The highest BCUT2D eigenvalue weighted by Gasteiger charge is 2.48. The second-order valence-electron chi connectivity index (χ2n) is 34.0. The topological polar surface area (TPSA) is 587 Å². The maximum absolute atomic E-state index is 14.1. The van der Waals surface area contributed by atoms with Crippen molar-refractivity contribution in [1.29, 1.82) is 0 Å². The third-order valence-corrected chi connectivity index (χ3v) is 24.4. The van der Waals surface area contributed by atoms with Crippen molar-refractivity contribution in [3.63, 3.8) is 0 Å². The van der Waals surface area contributed by atoms with Gasteiger partial charge in [-0.25, -0.2) is 0 Å². The highest BCUT2D eigenvalue weighted by molar-refractivity contribution is 7.61. The first-order valence-corrected chi connectivity index (χ1v) is 47.4. The molecule has 0 saturated carbocycles. The molecule has 0 aromatic rings. The van der Waals surface area contributed by atoms with E-state index in [1.807, 2.05) is 20.8 Å². The Morgan fingerprint density at radius 2 is 0.591 bits per heavy atom. The van der Waals surface area contributed by atoms with E-state index < -0.39 is 148 Å². The number of carbonyl (C=O) groups excluding carboxylic acids is 11. The van der Waals surface area contributed by atoms with Gasteiger partial charge in [-0.05, 0) is 89.9 Å². The lowest BCUT2D eigenvalue weighted by Crippen LogP contribution is -2.64. The average Bonchev–Trinajstić information content (AvgIpc) is 0.815. The van der Waals surface area contributed by atoms with E-state index in [1.54, 1.807) is 0 Å². The number of aliphatic hydroxyl groups is 9. The molecule has 40 nitrogen and oxygen atoms in total. The van der Waals surface area contributed by atoms with Crippen LogP contribution in [0.4, 0.5) is 0 Å². The van der Waals surface area contributed by atoms with Gasteiger partial charge < -0.3 is 146 Å². The number of carbonyl (C=O) groups is 11. The molecule has 0 aromatic heterocycles. The second kappa shape index (κ2) is 66.4. The zero-order chi connectivity index (χ0) is 94.0. The van der Waals surface area contributed by atoms with Gasteiger partial charge in [0.15, 0.2) is 18.9 Å². The van der Waals surface area contributed by atoms with Gasteiger partial charge in [0, 0.05) is 143 Å². The van der Waals surface area contributed by atoms with Crippen LogP contribution in [0.2, 0.25) is 0 Å². The Balaban J connectivity index is 1.59. The van der Waals surface area contributed by atoms with Crippen molar-refractivity contribution in [2.75, 3.05) is 119 Å². The zero-order valence-electron chi connectivity index (χ0n) is 75.9. The fraction of sp³-hybridized carbons (Fsp3) is 0.860. The molecule has 3 aliphatic heterocycles. The standard InChI is InChI=1S/C86H155N9O31P/c1-59(99)92-73-79(113)76(110)64(53-96)124-82(73)120-46-26-21-34-63(103)33-20-24-41-87-69(106)38-50-117-56-86(95-72(109)37-19-15-11-9-8-10-13-17-31-62(102)32-18-14-12-16-25-49-123-127(7,116)85(4,5)6,57-118-51-39-70(107)90-44-29-42-88-67(104)35-22-27-47-121-83-74(93-60(2)100)80(114)77(111)65(54-97)125-83)58-119-52-40-71(108)91-45-30-43-89-68(105)36-23-28-48-122-84-75(94-61(3)101)81(115)78(112)66(55-98)126-84/h64-66,73-84,96-98,110-115H,7-58H2,1-6H3,(H,87,106)(H,88,104)(H,89,105)(H,90,107)(H,91,108)(H,92,99)(H,93,100)(H,94,101)(H,95,109)/q-1/t64?,65?,66?,73-,74-,75-,76+,77+,78+,79?,80?,81?,82+,83+,84+,86?,127?/m0/s1. The fourth-order valence-electron chi connectivity index (χ4n) is 14.0. The molecule has 0 radical (unpaired) electrons. The van der Waals surface area contributed by atoms with Crippen LogP contribution in [0.5, 0.6) is 0 Å². The van der Waals surface area contributed by atoms with Gasteiger partial charge in [-0.1, -0.05) is 78.6 Å². The Kier molecular flexibility index (Phi) is 60.2. The molecule has 127 heavy (non-hydrogen) atoms. The Labute approximate surface area is 748 Å². The molecule has 41 heteroatoms. The second-order valence-corrected chi connectivity index (χ2v) is 37.0. The largest absolute Gasteiger partial charge is 0.394 e. The third kappa shape index (κ3) is 49.9. The van der Waals surface area contributed by atoms with E-state index in [1.165, 1.54) is 20.8 Å². The van der Waals surface area contributed by atoms with Crippen LogP contribution in [0.15, 0.2) is 0 Å². The van der Waals surface area contributed by atoms with Crippen LogP contribution < -0.4 is 47.9 Å². The molecule has 0 bridgehead atoms. The first-order chi connectivity index (χ1) is 60.6. The lowest BCUT2D eigenvalue weighted by molar-refractivity contribution is -0.270. The van der Waals surface area contributed by atoms with Crippen LogP contribution in [-0.2, 0) is 104 Å². The van der Waals surface area contributed by atoms with E-state index in [2.05, 4.69) is 54.5 Å². The Morgan fingerprint density at radius 1 is 0.331 bits per heavy atom. The van der Waals surface area contributed by atoms with Gasteiger partial charge in [0.25, 0.3) is 0 Å². The summed E-state index contributed by atoms with van der Waals surface area (Å²) in [6.07, 6.45) is 1.64. The Bertz CT molecular complexity index is 2960. The van der Waals surface area contributed by atoms with E-state index in [-0.39, 0.29) is 191 Å². The number of hydrogen-bond acceptors (Lipinski definition) is 31. The molecule has 16 atom stereocenters. The minimum Gasteiger partial charge on any atom is -0.394 e. The molecule has 7 unspecified atom stereocenters. The zero-order valence-corrected chi connectivity index (χ0v) is 76.8. The van der Waals surface area contributed by atoms with Gasteiger partial charge >= 0.3 is 0 Å². The van der Waals surface area contributed by atoms with E-state index in [4.69, 9.17) is 47.2 Å². The van der Waals surface area contributed by atoms with E-state index in [0.717, 1.165) is 77.0 Å². The maximum Gasteiger partial charge on any atom is 0.222 e. The number of amides is 9. The molecule has 736 valence electrons. The van der Waals surface area contributed by atoms with Crippen LogP contribution in [0, 0.1) is 6.66 Å². The van der Waals surface area contributed by atoms with Crippen LogP contribution in [-0.4, -0.2) is 332 Å². The predicted octanol–water partition coefficient (Wildman–Crippen LogP) is 1.25. The van der Waals surface area contributed by atoms with E-state index in [0.29, 0.717) is 90.1 Å². The van der Waals surface area contributed by atoms with Crippen LogP contribution in [0.3, 0.4) is 0 Å².